The van der Waals surface area contributed by atoms with Crippen molar-refractivity contribution in [2.75, 3.05) is 38.2 Å². The first-order chi connectivity index (χ1) is 13.3. The molecule has 27 heavy (non-hydrogen) atoms. The van der Waals surface area contributed by atoms with Crippen LogP contribution in [0.15, 0.2) is 59.2 Å². The average molecular weight is 364 g/mol. The van der Waals surface area contributed by atoms with Gasteiger partial charge in [-0.15, -0.1) is 10.2 Å². The Labute approximate surface area is 157 Å². The van der Waals surface area contributed by atoms with Crippen molar-refractivity contribution in [2.24, 2.45) is 0 Å². The maximum absolute atomic E-state index is 12.8. The number of nitrogens with zero attached hydrogens (tertiary/aromatic N) is 4. The molecule has 0 radical (unpaired) electrons. The molecule has 7 heteroatoms. The molecule has 0 bridgehead atoms. The Morgan fingerprint density at radius 3 is 2.48 bits per heavy atom. The first-order valence-electron chi connectivity index (χ1n) is 8.81. The molecule has 0 atom stereocenters. The van der Waals surface area contributed by atoms with Crippen LogP contribution in [0.25, 0.3) is 11.5 Å². The number of hydrogen-bond acceptors (Lipinski definition) is 6. The second-order valence-corrected chi connectivity index (χ2v) is 6.23. The highest BCUT2D eigenvalue weighted by Crippen LogP contribution is 2.22. The van der Waals surface area contributed by atoms with E-state index in [2.05, 4.69) is 15.1 Å². The summed E-state index contributed by atoms with van der Waals surface area (Å²) in [6.07, 6.45) is 1.61. The molecule has 1 amide bonds. The van der Waals surface area contributed by atoms with Crippen molar-refractivity contribution in [3.63, 3.8) is 0 Å². The number of carbonyl (C=O) groups is 1. The van der Waals surface area contributed by atoms with Crippen LogP contribution in [0, 0.1) is 0 Å². The van der Waals surface area contributed by atoms with Crippen molar-refractivity contribution in [3.05, 3.63) is 60.4 Å². The number of carbonyl (C=O) groups excluding carboxylic acids is 1. The molecule has 0 saturated carbocycles. The first-order valence-corrected chi connectivity index (χ1v) is 8.81. The number of anilines is 1. The number of furan rings is 1. The van der Waals surface area contributed by atoms with Gasteiger partial charge in [0.15, 0.2) is 11.6 Å². The molecule has 7 nitrogen and oxygen atoms in total. The second kappa shape index (κ2) is 7.49. The van der Waals surface area contributed by atoms with Crippen LogP contribution in [-0.4, -0.2) is 54.3 Å². The van der Waals surface area contributed by atoms with Gasteiger partial charge in [0.25, 0.3) is 5.91 Å². The number of hydrogen-bond donors (Lipinski definition) is 0. The predicted octanol–water partition coefficient (Wildman–Crippen LogP) is 2.71. The van der Waals surface area contributed by atoms with Crippen molar-refractivity contribution in [1.29, 1.82) is 0 Å². The van der Waals surface area contributed by atoms with Crippen LogP contribution in [0.2, 0.25) is 0 Å². The van der Waals surface area contributed by atoms with Crippen molar-refractivity contribution in [3.8, 4) is 17.2 Å². The lowest BCUT2D eigenvalue weighted by molar-refractivity contribution is 0.0743. The molecule has 0 unspecified atom stereocenters. The van der Waals surface area contributed by atoms with Gasteiger partial charge in [-0.1, -0.05) is 12.1 Å². The number of ether oxygens (including phenoxy) is 1. The summed E-state index contributed by atoms with van der Waals surface area (Å²) in [6, 6.07) is 14.8. The quantitative estimate of drug-likeness (QED) is 0.709. The lowest BCUT2D eigenvalue weighted by Crippen LogP contribution is -2.49. The normalized spacial score (nSPS) is 14.3. The molecule has 1 aliphatic heterocycles. The van der Waals surface area contributed by atoms with E-state index in [1.165, 1.54) is 0 Å². The second-order valence-electron chi connectivity index (χ2n) is 6.23. The third-order valence-corrected chi connectivity index (χ3v) is 4.65. The number of aromatic nitrogens is 2. The highest BCUT2D eigenvalue weighted by atomic mass is 16.5. The van der Waals surface area contributed by atoms with E-state index in [1.54, 1.807) is 25.5 Å². The molecule has 1 aliphatic rings. The minimum absolute atomic E-state index is 0.00801. The average Bonchev–Trinajstić information content (AvgIpc) is 3.28. The molecule has 0 aliphatic carbocycles. The Hall–Kier alpha value is -3.35. The summed E-state index contributed by atoms with van der Waals surface area (Å²) in [5.41, 5.74) is 1.30. The molecule has 3 aromatic rings. The van der Waals surface area contributed by atoms with E-state index in [-0.39, 0.29) is 5.91 Å². The van der Waals surface area contributed by atoms with Gasteiger partial charge in [-0.3, -0.25) is 4.79 Å². The zero-order valence-electron chi connectivity index (χ0n) is 15.0. The van der Waals surface area contributed by atoms with Crippen molar-refractivity contribution >= 4 is 11.7 Å². The van der Waals surface area contributed by atoms with Gasteiger partial charge in [0.1, 0.15) is 11.4 Å². The fourth-order valence-electron chi connectivity index (χ4n) is 3.18. The highest BCUT2D eigenvalue weighted by molar-refractivity contribution is 5.97. The topological polar surface area (TPSA) is 71.7 Å². The van der Waals surface area contributed by atoms with E-state index < -0.39 is 0 Å². The van der Waals surface area contributed by atoms with Gasteiger partial charge < -0.3 is 19.0 Å². The zero-order chi connectivity index (χ0) is 18.6. The molecule has 0 spiro atoms. The Morgan fingerprint density at radius 1 is 1.00 bits per heavy atom. The van der Waals surface area contributed by atoms with Gasteiger partial charge in [-0.2, -0.15) is 0 Å². The summed E-state index contributed by atoms with van der Waals surface area (Å²) in [5, 5.41) is 8.54. The number of rotatable bonds is 4. The highest BCUT2D eigenvalue weighted by Gasteiger charge is 2.24. The fourth-order valence-corrected chi connectivity index (χ4v) is 3.18. The fraction of sp³-hybridized carbons (Fsp3) is 0.250. The molecule has 1 fully saturated rings. The minimum atomic E-state index is -0.00801. The number of para-hydroxylation sites is 1. The third kappa shape index (κ3) is 3.48. The number of piperazine rings is 1. The van der Waals surface area contributed by atoms with Crippen LogP contribution < -0.4 is 9.64 Å². The number of amides is 1. The minimum Gasteiger partial charge on any atom is -0.496 e. The number of benzene rings is 1. The molecule has 3 heterocycles. The van der Waals surface area contributed by atoms with Crippen molar-refractivity contribution in [2.45, 2.75) is 0 Å². The maximum atomic E-state index is 12.8. The van der Waals surface area contributed by atoms with Crippen molar-refractivity contribution < 1.29 is 13.9 Å². The SMILES string of the molecule is COc1ccccc1C(=O)N1CCN(c2ccc(-c3ccco3)nn2)CC1. The summed E-state index contributed by atoms with van der Waals surface area (Å²) >= 11 is 0. The van der Waals surface area contributed by atoms with Gasteiger partial charge in [-0.05, 0) is 36.4 Å². The first kappa shape index (κ1) is 17.1. The van der Waals surface area contributed by atoms with Gasteiger partial charge in [0, 0.05) is 26.2 Å². The van der Waals surface area contributed by atoms with E-state index >= 15 is 0 Å². The van der Waals surface area contributed by atoms with Crippen LogP contribution in [0.3, 0.4) is 0 Å². The predicted molar refractivity (Wildman–Crippen MR) is 101 cm³/mol. The summed E-state index contributed by atoms with van der Waals surface area (Å²) in [6.45, 7) is 2.66. The molecular formula is C20H20N4O3. The van der Waals surface area contributed by atoms with E-state index in [4.69, 9.17) is 9.15 Å². The van der Waals surface area contributed by atoms with Crippen LogP contribution in [0.4, 0.5) is 5.82 Å². The molecular weight excluding hydrogens is 344 g/mol. The maximum Gasteiger partial charge on any atom is 0.257 e. The number of methoxy groups -OCH3 is 1. The lowest BCUT2D eigenvalue weighted by Gasteiger charge is -2.35. The van der Waals surface area contributed by atoms with Crippen molar-refractivity contribution in [1.82, 2.24) is 15.1 Å². The van der Waals surface area contributed by atoms with Crippen LogP contribution in [0.1, 0.15) is 10.4 Å². The standard InChI is InChI=1S/C20H20N4O3/c1-26-17-6-3-2-5-15(17)20(25)24-12-10-23(11-13-24)19-9-8-16(21-22-19)18-7-4-14-27-18/h2-9,14H,10-13H2,1H3. The Morgan fingerprint density at radius 2 is 1.81 bits per heavy atom. The Kier molecular flexibility index (Phi) is 4.74. The van der Waals surface area contributed by atoms with E-state index in [0.29, 0.717) is 48.9 Å². The molecule has 0 N–H and O–H groups in total. The van der Waals surface area contributed by atoms with Crippen LogP contribution in [-0.2, 0) is 0 Å². The summed E-state index contributed by atoms with van der Waals surface area (Å²) in [7, 11) is 1.58. The molecule has 138 valence electrons. The molecule has 1 aromatic carbocycles. The largest absolute Gasteiger partial charge is 0.496 e. The van der Waals surface area contributed by atoms with Crippen LogP contribution in [0.5, 0.6) is 5.75 Å². The van der Waals surface area contributed by atoms with Gasteiger partial charge in [-0.25, -0.2) is 0 Å². The lowest BCUT2D eigenvalue weighted by atomic mass is 10.1. The zero-order valence-corrected chi connectivity index (χ0v) is 15.0. The van der Waals surface area contributed by atoms with Crippen LogP contribution >= 0.6 is 0 Å². The summed E-state index contributed by atoms with van der Waals surface area (Å²) in [5.74, 6) is 2.09. The Bertz CT molecular complexity index is 901. The van der Waals surface area contributed by atoms with E-state index in [9.17, 15) is 4.79 Å². The molecule has 1 saturated heterocycles. The molecule has 2 aromatic heterocycles. The third-order valence-electron chi connectivity index (χ3n) is 4.65. The smallest absolute Gasteiger partial charge is 0.257 e. The van der Waals surface area contributed by atoms with Gasteiger partial charge in [0.05, 0.1) is 18.9 Å². The van der Waals surface area contributed by atoms with Gasteiger partial charge in [0.2, 0.25) is 0 Å². The van der Waals surface area contributed by atoms with Gasteiger partial charge >= 0.3 is 0 Å². The Balaban J connectivity index is 1.41. The summed E-state index contributed by atoms with van der Waals surface area (Å²) in [4.78, 5) is 16.8. The van der Waals surface area contributed by atoms with E-state index in [1.807, 2.05) is 41.3 Å². The monoisotopic (exact) mass is 364 g/mol. The summed E-state index contributed by atoms with van der Waals surface area (Å²) < 4.78 is 10.6. The molecule has 4 rings (SSSR count). The van der Waals surface area contributed by atoms with E-state index in [0.717, 1.165) is 5.82 Å².